The number of likely N-dealkylation sites (tertiary alicyclic amines) is 2. The van der Waals surface area contributed by atoms with Gasteiger partial charge in [-0.05, 0) is 49.9 Å². The summed E-state index contributed by atoms with van der Waals surface area (Å²) in [5.74, 6) is -0.620. The highest BCUT2D eigenvalue weighted by atomic mass is 32.1. The summed E-state index contributed by atoms with van der Waals surface area (Å²) in [5.41, 5.74) is 1.95. The Balaban J connectivity index is 1.05. The predicted molar refractivity (Wildman–Crippen MR) is 184 cm³/mol. The summed E-state index contributed by atoms with van der Waals surface area (Å²) in [6, 6.07) is 17.0. The van der Waals surface area contributed by atoms with Crippen LogP contribution in [-0.2, 0) is 18.4 Å². The van der Waals surface area contributed by atoms with Crippen LogP contribution < -0.4 is 5.56 Å². The Hall–Kier alpha value is -5.19. The van der Waals surface area contributed by atoms with Crippen LogP contribution in [0.2, 0.25) is 0 Å². The van der Waals surface area contributed by atoms with E-state index in [0.717, 1.165) is 11.1 Å². The van der Waals surface area contributed by atoms with Crippen LogP contribution in [0.25, 0.3) is 21.6 Å². The van der Waals surface area contributed by atoms with Crippen molar-refractivity contribution in [3.63, 3.8) is 0 Å². The highest BCUT2D eigenvalue weighted by Gasteiger charge is 2.42. The van der Waals surface area contributed by atoms with Gasteiger partial charge in [0.05, 0.1) is 23.2 Å². The quantitative estimate of drug-likeness (QED) is 0.286. The van der Waals surface area contributed by atoms with Gasteiger partial charge in [-0.1, -0.05) is 30.3 Å². The predicted octanol–water partition coefficient (Wildman–Crippen LogP) is 3.73. The maximum atomic E-state index is 14.2. The normalized spacial score (nSPS) is 19.1. The second-order valence-corrected chi connectivity index (χ2v) is 14.0. The van der Waals surface area contributed by atoms with E-state index in [0.29, 0.717) is 77.7 Å². The Morgan fingerprint density at radius 3 is 2.55 bits per heavy atom. The van der Waals surface area contributed by atoms with Crippen LogP contribution >= 0.6 is 11.3 Å². The van der Waals surface area contributed by atoms with Gasteiger partial charge >= 0.3 is 0 Å². The van der Waals surface area contributed by atoms with Crippen molar-refractivity contribution < 1.29 is 14.7 Å². The molecule has 0 spiro atoms. The standard InChI is InChI=1S/C36H36N8O4S/c1-23-30(49-32(40-23)25-8-9-26(18-37)38-19-25)35(47)43-15-11-27(29(20-43)24-6-4-3-5-7-24)33(45)42-16-12-36(48,13-17-42)21-44-22-39-31-28(34(44)46)10-14-41(31)2/h3-10,14,19,22,27,29,48H,11-13,15-17,20-21H2,1-2H3/t27-,29+/m1/s1. The molecule has 6 heterocycles. The average molecular weight is 677 g/mol. The first kappa shape index (κ1) is 32.4. The van der Waals surface area contributed by atoms with Crippen LogP contribution in [0, 0.1) is 24.2 Å². The number of aryl methyl sites for hydroxylation is 2. The van der Waals surface area contributed by atoms with Gasteiger partial charge in [-0.25, -0.2) is 15.0 Å². The number of carbonyl (C=O) groups excluding carboxylic acids is 2. The number of aliphatic hydroxyl groups is 1. The molecule has 49 heavy (non-hydrogen) atoms. The fraction of sp³-hybridized carbons (Fsp3) is 0.361. The van der Waals surface area contributed by atoms with Crippen LogP contribution in [0.5, 0.6) is 0 Å². The molecule has 2 amide bonds. The number of piperidine rings is 2. The molecule has 250 valence electrons. The number of nitriles is 1. The molecule has 2 atom stereocenters. The molecule has 4 aromatic heterocycles. The third kappa shape index (κ3) is 6.25. The van der Waals surface area contributed by atoms with E-state index in [1.165, 1.54) is 22.2 Å². The van der Waals surface area contributed by atoms with Crippen molar-refractivity contribution >= 4 is 34.2 Å². The highest BCUT2D eigenvalue weighted by Crippen LogP contribution is 2.37. The zero-order valence-corrected chi connectivity index (χ0v) is 28.1. The second-order valence-electron chi connectivity index (χ2n) is 13.0. The molecule has 7 rings (SSSR count). The minimum absolute atomic E-state index is 0.0251. The number of carbonyl (C=O) groups is 2. The van der Waals surface area contributed by atoms with Crippen molar-refractivity contribution in [2.45, 2.75) is 44.2 Å². The van der Waals surface area contributed by atoms with E-state index >= 15 is 0 Å². The molecule has 0 radical (unpaired) electrons. The number of pyridine rings is 1. The van der Waals surface area contributed by atoms with Crippen LogP contribution in [0.3, 0.4) is 0 Å². The maximum Gasteiger partial charge on any atom is 0.265 e. The summed E-state index contributed by atoms with van der Waals surface area (Å²) >= 11 is 1.31. The van der Waals surface area contributed by atoms with Crippen molar-refractivity contribution in [3.05, 3.63) is 99.4 Å². The molecule has 2 saturated heterocycles. The average Bonchev–Trinajstić information content (AvgIpc) is 3.71. The number of fused-ring (bicyclic) bond motifs is 1. The third-order valence-electron chi connectivity index (χ3n) is 9.88. The molecule has 0 aliphatic carbocycles. The van der Waals surface area contributed by atoms with Crippen molar-refractivity contribution in [2.75, 3.05) is 26.2 Å². The summed E-state index contributed by atoms with van der Waals surface area (Å²) in [6.07, 6.45) is 6.06. The smallest absolute Gasteiger partial charge is 0.265 e. The number of amides is 2. The van der Waals surface area contributed by atoms with Gasteiger partial charge in [0.2, 0.25) is 5.91 Å². The summed E-state index contributed by atoms with van der Waals surface area (Å²) in [5, 5.41) is 21.7. The van der Waals surface area contributed by atoms with E-state index in [1.54, 1.807) is 35.2 Å². The lowest BCUT2D eigenvalue weighted by Gasteiger charge is -2.43. The number of hydrogen-bond donors (Lipinski definition) is 1. The lowest BCUT2D eigenvalue weighted by Crippen LogP contribution is -2.53. The Bertz CT molecular complexity index is 2120. The van der Waals surface area contributed by atoms with Crippen molar-refractivity contribution in [1.82, 2.24) is 33.9 Å². The molecule has 2 aliphatic heterocycles. The molecule has 2 aliphatic rings. The van der Waals surface area contributed by atoms with E-state index in [1.807, 2.05) is 60.2 Å². The molecule has 2 fully saturated rings. The van der Waals surface area contributed by atoms with Gasteiger partial charge in [-0.3, -0.25) is 19.0 Å². The minimum Gasteiger partial charge on any atom is -0.388 e. The molecule has 0 unspecified atom stereocenters. The SMILES string of the molecule is Cc1nc(-c2ccc(C#N)nc2)sc1C(=O)N1CC[C@@H](C(=O)N2CCC(O)(Cn3cnc4c(ccn4C)c3=O)CC2)[C@H](c2ccccc2)C1. The molecule has 1 N–H and O–H groups in total. The lowest BCUT2D eigenvalue weighted by atomic mass is 9.79. The molecular formula is C36H36N8O4S. The number of thiazole rings is 1. The molecule has 0 bridgehead atoms. The van der Waals surface area contributed by atoms with Crippen molar-refractivity contribution in [2.24, 2.45) is 13.0 Å². The molecule has 5 aromatic rings. The Labute approximate surface area is 286 Å². The third-order valence-corrected chi connectivity index (χ3v) is 11.1. The number of nitrogens with zero attached hydrogens (tertiary/aromatic N) is 8. The zero-order chi connectivity index (χ0) is 34.3. The van der Waals surface area contributed by atoms with Crippen molar-refractivity contribution in [3.8, 4) is 16.6 Å². The summed E-state index contributed by atoms with van der Waals surface area (Å²) in [7, 11) is 1.83. The monoisotopic (exact) mass is 676 g/mol. The molecule has 0 saturated carbocycles. The lowest BCUT2D eigenvalue weighted by molar-refractivity contribution is -0.142. The first-order valence-corrected chi connectivity index (χ1v) is 17.2. The van der Waals surface area contributed by atoms with Gasteiger partial charge in [0.25, 0.3) is 11.5 Å². The number of benzene rings is 1. The fourth-order valence-electron chi connectivity index (χ4n) is 7.06. The minimum atomic E-state index is -1.14. The molecular weight excluding hydrogens is 641 g/mol. The largest absolute Gasteiger partial charge is 0.388 e. The van der Waals surface area contributed by atoms with E-state index in [-0.39, 0.29) is 35.8 Å². The Morgan fingerprint density at radius 2 is 1.84 bits per heavy atom. The number of aromatic nitrogens is 5. The van der Waals surface area contributed by atoms with Gasteiger partial charge in [-0.15, -0.1) is 11.3 Å². The van der Waals surface area contributed by atoms with Crippen LogP contribution in [0.4, 0.5) is 0 Å². The van der Waals surface area contributed by atoms with Gasteiger partial charge < -0.3 is 19.5 Å². The summed E-state index contributed by atoms with van der Waals surface area (Å²) in [6.45, 7) is 3.50. The first-order chi connectivity index (χ1) is 23.6. The summed E-state index contributed by atoms with van der Waals surface area (Å²) in [4.78, 5) is 58.5. The van der Waals surface area contributed by atoms with Crippen LogP contribution in [0.15, 0.2) is 72.0 Å². The van der Waals surface area contributed by atoms with Crippen LogP contribution in [-0.4, -0.2) is 82.6 Å². The van der Waals surface area contributed by atoms with E-state index in [9.17, 15) is 19.5 Å². The van der Waals surface area contributed by atoms with Crippen LogP contribution in [0.1, 0.15) is 51.8 Å². The van der Waals surface area contributed by atoms with Gasteiger partial charge in [-0.2, -0.15) is 5.26 Å². The Kier molecular flexibility index (Phi) is 8.60. The fourth-order valence-corrected chi connectivity index (χ4v) is 8.09. The molecule has 12 nitrogen and oxygen atoms in total. The number of rotatable bonds is 6. The summed E-state index contributed by atoms with van der Waals surface area (Å²) < 4.78 is 3.25. The topological polar surface area (TPSA) is 150 Å². The molecule has 13 heteroatoms. The van der Waals surface area contributed by atoms with E-state index < -0.39 is 5.60 Å². The second kappa shape index (κ2) is 13.0. The van der Waals surface area contributed by atoms with Crippen molar-refractivity contribution in [1.29, 1.82) is 5.26 Å². The highest BCUT2D eigenvalue weighted by molar-refractivity contribution is 7.17. The van der Waals surface area contributed by atoms with Gasteiger partial charge in [0.15, 0.2) is 0 Å². The first-order valence-electron chi connectivity index (χ1n) is 16.3. The van der Waals surface area contributed by atoms with Gasteiger partial charge in [0.1, 0.15) is 33.6 Å². The maximum absolute atomic E-state index is 14.2. The van der Waals surface area contributed by atoms with E-state index in [2.05, 4.69) is 15.0 Å². The zero-order valence-electron chi connectivity index (χ0n) is 27.3. The van der Waals surface area contributed by atoms with E-state index in [4.69, 9.17) is 5.26 Å². The Morgan fingerprint density at radius 1 is 1.06 bits per heavy atom. The molecule has 1 aromatic carbocycles. The van der Waals surface area contributed by atoms with Gasteiger partial charge in [0, 0.05) is 63.0 Å². The number of hydrogen-bond acceptors (Lipinski definition) is 9.